The first-order valence-electron chi connectivity index (χ1n) is 6.27. The minimum Gasteiger partial charge on any atom is -0.434 e. The highest BCUT2D eigenvalue weighted by atomic mass is 35.5. The summed E-state index contributed by atoms with van der Waals surface area (Å²) >= 11 is 11.6. The maximum Gasteiger partial charge on any atom is 0.387 e. The van der Waals surface area contributed by atoms with Gasteiger partial charge in [0.15, 0.2) is 0 Å². The van der Waals surface area contributed by atoms with Gasteiger partial charge < -0.3 is 4.74 Å². The van der Waals surface area contributed by atoms with Gasteiger partial charge in [0.05, 0.1) is 5.02 Å². The second-order valence-electron chi connectivity index (χ2n) is 4.39. The van der Waals surface area contributed by atoms with Crippen molar-refractivity contribution >= 4 is 33.2 Å². The molecular formula is C14H11Cl2F2NO3S. The summed E-state index contributed by atoms with van der Waals surface area (Å²) in [5.41, 5.74) is 0.259. The molecular weight excluding hydrogens is 371 g/mol. The third-order valence-electron chi connectivity index (χ3n) is 2.82. The first-order valence-corrected chi connectivity index (χ1v) is 8.51. The predicted molar refractivity (Wildman–Crippen MR) is 83.6 cm³/mol. The molecule has 0 saturated carbocycles. The third-order valence-corrected chi connectivity index (χ3v) is 4.94. The van der Waals surface area contributed by atoms with E-state index in [9.17, 15) is 17.2 Å². The van der Waals surface area contributed by atoms with E-state index in [2.05, 4.69) is 9.46 Å². The first-order chi connectivity index (χ1) is 10.8. The number of halogens is 4. The Bertz CT molecular complexity index is 800. The van der Waals surface area contributed by atoms with Crippen LogP contribution in [-0.4, -0.2) is 15.0 Å². The van der Waals surface area contributed by atoms with Crippen molar-refractivity contribution in [3.8, 4) is 5.75 Å². The molecule has 0 fully saturated rings. The average Bonchev–Trinajstić information content (AvgIpc) is 2.48. The quantitative estimate of drug-likeness (QED) is 0.820. The number of rotatable bonds is 6. The zero-order valence-electron chi connectivity index (χ0n) is 11.5. The van der Waals surface area contributed by atoms with E-state index in [-0.39, 0.29) is 32.8 Å². The number of sulfonamides is 1. The molecule has 2 rings (SSSR count). The van der Waals surface area contributed by atoms with Gasteiger partial charge in [-0.2, -0.15) is 8.78 Å². The number of hydrogen-bond acceptors (Lipinski definition) is 3. The topological polar surface area (TPSA) is 55.4 Å². The van der Waals surface area contributed by atoms with Gasteiger partial charge in [-0.25, -0.2) is 13.1 Å². The zero-order valence-corrected chi connectivity index (χ0v) is 13.8. The van der Waals surface area contributed by atoms with Crippen molar-refractivity contribution in [1.82, 2.24) is 4.72 Å². The van der Waals surface area contributed by atoms with Gasteiger partial charge in [-0.15, -0.1) is 0 Å². The highest BCUT2D eigenvalue weighted by molar-refractivity contribution is 7.89. The molecule has 0 heterocycles. The molecule has 9 heteroatoms. The summed E-state index contributed by atoms with van der Waals surface area (Å²) in [7, 11) is -3.97. The lowest BCUT2D eigenvalue weighted by molar-refractivity contribution is -0.0504. The van der Waals surface area contributed by atoms with Crippen LogP contribution in [0.15, 0.2) is 47.4 Å². The van der Waals surface area contributed by atoms with E-state index in [1.807, 2.05) is 0 Å². The number of benzene rings is 2. The van der Waals surface area contributed by atoms with E-state index >= 15 is 0 Å². The number of para-hydroxylation sites is 1. The zero-order chi connectivity index (χ0) is 17.0. The van der Waals surface area contributed by atoms with Crippen LogP contribution in [0.2, 0.25) is 10.0 Å². The molecule has 124 valence electrons. The van der Waals surface area contributed by atoms with Crippen LogP contribution in [0, 0.1) is 0 Å². The van der Waals surface area contributed by atoms with Gasteiger partial charge in [-0.1, -0.05) is 41.4 Å². The van der Waals surface area contributed by atoms with E-state index < -0.39 is 16.6 Å². The fraction of sp³-hybridized carbons (Fsp3) is 0.143. The lowest BCUT2D eigenvalue weighted by atomic mass is 10.2. The van der Waals surface area contributed by atoms with E-state index in [0.717, 1.165) is 0 Å². The molecule has 0 aliphatic heterocycles. The Morgan fingerprint density at radius 3 is 2.52 bits per heavy atom. The first kappa shape index (κ1) is 17.9. The van der Waals surface area contributed by atoms with Crippen LogP contribution in [0.1, 0.15) is 5.56 Å². The predicted octanol–water partition coefficient (Wildman–Crippen LogP) is 4.07. The fourth-order valence-electron chi connectivity index (χ4n) is 1.79. The fourth-order valence-corrected chi connectivity index (χ4v) is 3.56. The molecule has 0 aromatic heterocycles. The molecule has 0 saturated heterocycles. The van der Waals surface area contributed by atoms with E-state index in [0.29, 0.717) is 0 Å². The van der Waals surface area contributed by atoms with Gasteiger partial charge in [0.1, 0.15) is 10.6 Å². The van der Waals surface area contributed by atoms with Crippen molar-refractivity contribution in [3.05, 3.63) is 58.1 Å². The molecule has 0 aliphatic rings. The molecule has 0 unspecified atom stereocenters. The standard InChI is InChI=1S/C14H11Cl2F2NO3S/c15-10-5-6-11(16)13(7-10)23(20,21)19-8-9-3-1-2-4-12(9)22-14(17)18/h1-7,14,19H,8H2. The van der Waals surface area contributed by atoms with Gasteiger partial charge in [0.25, 0.3) is 0 Å². The lowest BCUT2D eigenvalue weighted by Gasteiger charge is -2.12. The Morgan fingerprint density at radius 1 is 1.13 bits per heavy atom. The van der Waals surface area contributed by atoms with Crippen LogP contribution >= 0.6 is 23.2 Å². The molecule has 23 heavy (non-hydrogen) atoms. The Balaban J connectivity index is 2.22. The van der Waals surface area contributed by atoms with Crippen LogP contribution in [0.4, 0.5) is 8.78 Å². The van der Waals surface area contributed by atoms with Crippen molar-refractivity contribution in [2.45, 2.75) is 18.1 Å². The smallest absolute Gasteiger partial charge is 0.387 e. The second kappa shape index (κ2) is 7.44. The molecule has 0 amide bonds. The number of nitrogens with one attached hydrogen (secondary N) is 1. The maximum absolute atomic E-state index is 12.3. The average molecular weight is 382 g/mol. The van der Waals surface area contributed by atoms with Crippen molar-refractivity contribution < 1.29 is 21.9 Å². The molecule has 0 radical (unpaired) electrons. The van der Waals surface area contributed by atoms with Crippen molar-refractivity contribution in [1.29, 1.82) is 0 Å². The highest BCUT2D eigenvalue weighted by Crippen LogP contribution is 2.26. The van der Waals surface area contributed by atoms with Gasteiger partial charge in [-0.05, 0) is 24.3 Å². The van der Waals surface area contributed by atoms with Crippen LogP contribution in [0.5, 0.6) is 5.75 Å². The molecule has 0 spiro atoms. The molecule has 0 bridgehead atoms. The Morgan fingerprint density at radius 2 is 1.83 bits per heavy atom. The monoisotopic (exact) mass is 381 g/mol. The molecule has 2 aromatic rings. The largest absolute Gasteiger partial charge is 0.434 e. The van der Waals surface area contributed by atoms with E-state index in [1.165, 1.54) is 36.4 Å². The van der Waals surface area contributed by atoms with Crippen LogP contribution in [0.25, 0.3) is 0 Å². The summed E-state index contributed by atoms with van der Waals surface area (Å²) in [6.45, 7) is -3.25. The highest BCUT2D eigenvalue weighted by Gasteiger charge is 2.19. The number of alkyl halides is 2. The van der Waals surface area contributed by atoms with Crippen molar-refractivity contribution in [2.24, 2.45) is 0 Å². The molecule has 0 atom stereocenters. The molecule has 4 nitrogen and oxygen atoms in total. The summed E-state index contributed by atoms with van der Waals surface area (Å²) < 4.78 is 55.8. The van der Waals surface area contributed by atoms with Gasteiger partial charge in [-0.3, -0.25) is 0 Å². The van der Waals surface area contributed by atoms with Crippen molar-refractivity contribution in [3.63, 3.8) is 0 Å². The van der Waals surface area contributed by atoms with Gasteiger partial charge in [0, 0.05) is 17.1 Å². The molecule has 0 aliphatic carbocycles. The summed E-state index contributed by atoms with van der Waals surface area (Å²) in [5.74, 6) is -0.109. The maximum atomic E-state index is 12.3. The molecule has 1 N–H and O–H groups in total. The second-order valence-corrected chi connectivity index (χ2v) is 6.96. The summed E-state index contributed by atoms with van der Waals surface area (Å²) in [5, 5.41) is 0.204. The summed E-state index contributed by atoms with van der Waals surface area (Å²) in [6.07, 6.45) is 0. The summed E-state index contributed by atoms with van der Waals surface area (Å²) in [4.78, 5) is -0.195. The van der Waals surface area contributed by atoms with Crippen LogP contribution in [0.3, 0.4) is 0 Å². The number of hydrogen-bond donors (Lipinski definition) is 1. The van der Waals surface area contributed by atoms with Crippen LogP contribution < -0.4 is 9.46 Å². The van der Waals surface area contributed by atoms with E-state index in [4.69, 9.17) is 23.2 Å². The normalized spacial score (nSPS) is 11.7. The SMILES string of the molecule is O=S(=O)(NCc1ccccc1OC(F)F)c1cc(Cl)ccc1Cl. The minimum atomic E-state index is -3.97. The van der Waals surface area contributed by atoms with Crippen LogP contribution in [-0.2, 0) is 16.6 Å². The Labute approximate surface area is 142 Å². The van der Waals surface area contributed by atoms with Crippen molar-refractivity contribution in [2.75, 3.05) is 0 Å². The lowest BCUT2D eigenvalue weighted by Crippen LogP contribution is -2.24. The van der Waals surface area contributed by atoms with E-state index in [1.54, 1.807) is 6.07 Å². The minimum absolute atomic E-state index is 0.000912. The third kappa shape index (κ3) is 4.78. The number of ether oxygens (including phenoxy) is 1. The Hall–Kier alpha value is -1.41. The summed E-state index contributed by atoms with van der Waals surface area (Å²) in [6, 6.07) is 9.88. The Kier molecular flexibility index (Phi) is 5.80. The van der Waals surface area contributed by atoms with Gasteiger partial charge in [0.2, 0.25) is 10.0 Å². The molecule has 2 aromatic carbocycles. The van der Waals surface area contributed by atoms with Gasteiger partial charge >= 0.3 is 6.61 Å².